The van der Waals surface area contributed by atoms with Crippen molar-refractivity contribution in [3.63, 3.8) is 0 Å². The fraction of sp³-hybridized carbons (Fsp3) is 0.333. The van der Waals surface area contributed by atoms with Gasteiger partial charge in [-0.2, -0.15) is 0 Å². The lowest BCUT2D eigenvalue weighted by Gasteiger charge is -2.29. The first-order chi connectivity index (χ1) is 12.8. The molecule has 0 spiro atoms. The van der Waals surface area contributed by atoms with E-state index in [1.165, 1.54) is 0 Å². The van der Waals surface area contributed by atoms with Gasteiger partial charge in [-0.05, 0) is 44.0 Å². The number of nitrogens with one attached hydrogen (secondary N) is 1. The molecule has 0 saturated heterocycles. The zero-order valence-electron chi connectivity index (χ0n) is 15.7. The van der Waals surface area contributed by atoms with Crippen LogP contribution in [0.5, 0.6) is 0 Å². The molecule has 0 aliphatic rings. The molecule has 0 aromatic heterocycles. The van der Waals surface area contributed by atoms with Crippen molar-refractivity contribution in [2.75, 3.05) is 0 Å². The maximum atomic E-state index is 13.0. The van der Waals surface area contributed by atoms with Gasteiger partial charge >= 0.3 is 0 Å². The monoisotopic (exact) mass is 406 g/mol. The van der Waals surface area contributed by atoms with E-state index in [-0.39, 0.29) is 24.3 Å². The summed E-state index contributed by atoms with van der Waals surface area (Å²) in [5.74, 6) is -0.327. The van der Waals surface area contributed by atoms with E-state index in [0.29, 0.717) is 16.6 Å². The Morgan fingerprint density at radius 3 is 2.22 bits per heavy atom. The largest absolute Gasteiger partial charge is 0.352 e. The van der Waals surface area contributed by atoms with Crippen molar-refractivity contribution in [2.45, 2.75) is 45.8 Å². The summed E-state index contributed by atoms with van der Waals surface area (Å²) < 4.78 is 0. The van der Waals surface area contributed by atoms with Gasteiger partial charge in [0.05, 0.1) is 16.5 Å². The SMILES string of the molecule is CC(C)NC(=O)[C@@H](C)N(Cc1ccccc1)C(=O)Cc1ccc(Cl)c(Cl)c1. The molecule has 1 N–H and O–H groups in total. The maximum absolute atomic E-state index is 13.0. The second kappa shape index (κ2) is 9.77. The van der Waals surface area contributed by atoms with Crippen LogP contribution in [0.1, 0.15) is 31.9 Å². The third-order valence-electron chi connectivity index (χ3n) is 4.13. The summed E-state index contributed by atoms with van der Waals surface area (Å²) in [4.78, 5) is 27.1. The lowest BCUT2D eigenvalue weighted by molar-refractivity contribution is -0.140. The summed E-state index contributed by atoms with van der Waals surface area (Å²) in [6.07, 6.45) is 0.142. The van der Waals surface area contributed by atoms with E-state index in [4.69, 9.17) is 23.2 Å². The van der Waals surface area contributed by atoms with Crippen molar-refractivity contribution >= 4 is 35.0 Å². The molecule has 0 fully saturated rings. The van der Waals surface area contributed by atoms with E-state index >= 15 is 0 Å². The molecule has 0 unspecified atom stereocenters. The summed E-state index contributed by atoms with van der Waals surface area (Å²) in [5, 5.41) is 3.72. The van der Waals surface area contributed by atoms with Crippen LogP contribution in [-0.2, 0) is 22.6 Å². The van der Waals surface area contributed by atoms with Crippen LogP contribution in [0.15, 0.2) is 48.5 Å². The molecule has 0 aliphatic carbocycles. The Morgan fingerprint density at radius 1 is 0.963 bits per heavy atom. The second-order valence-corrected chi connectivity index (χ2v) is 7.59. The highest BCUT2D eigenvalue weighted by Crippen LogP contribution is 2.23. The van der Waals surface area contributed by atoms with E-state index in [1.54, 1.807) is 30.0 Å². The number of hydrogen-bond acceptors (Lipinski definition) is 2. The Labute approximate surface area is 170 Å². The Kier molecular flexibility index (Phi) is 7.69. The van der Waals surface area contributed by atoms with Gasteiger partial charge < -0.3 is 10.2 Å². The summed E-state index contributed by atoms with van der Waals surface area (Å²) in [6.45, 7) is 5.88. The molecular formula is C21H24Cl2N2O2. The summed E-state index contributed by atoms with van der Waals surface area (Å²) in [7, 11) is 0. The molecule has 0 bridgehead atoms. The van der Waals surface area contributed by atoms with Gasteiger partial charge in [-0.25, -0.2) is 0 Å². The number of hydrogen-bond donors (Lipinski definition) is 1. The average molecular weight is 407 g/mol. The normalized spacial score (nSPS) is 11.9. The molecule has 1 atom stereocenters. The number of halogens is 2. The van der Waals surface area contributed by atoms with Gasteiger partial charge in [-0.3, -0.25) is 9.59 Å². The second-order valence-electron chi connectivity index (χ2n) is 6.77. The maximum Gasteiger partial charge on any atom is 0.242 e. The minimum atomic E-state index is -0.595. The average Bonchev–Trinajstić information content (AvgIpc) is 2.62. The van der Waals surface area contributed by atoms with Crippen LogP contribution in [-0.4, -0.2) is 28.8 Å². The van der Waals surface area contributed by atoms with Crippen LogP contribution in [0, 0.1) is 0 Å². The molecule has 0 saturated carbocycles. The molecule has 2 aromatic carbocycles. The molecule has 2 rings (SSSR count). The smallest absolute Gasteiger partial charge is 0.242 e. The van der Waals surface area contributed by atoms with Crippen LogP contribution in [0.4, 0.5) is 0 Å². The van der Waals surface area contributed by atoms with Gasteiger partial charge in [-0.1, -0.05) is 59.6 Å². The highest BCUT2D eigenvalue weighted by Gasteiger charge is 2.26. The number of amides is 2. The van der Waals surface area contributed by atoms with E-state index < -0.39 is 6.04 Å². The van der Waals surface area contributed by atoms with Gasteiger partial charge in [0.15, 0.2) is 0 Å². The van der Waals surface area contributed by atoms with Gasteiger partial charge in [0, 0.05) is 12.6 Å². The minimum absolute atomic E-state index is 0.00343. The topological polar surface area (TPSA) is 49.4 Å². The van der Waals surface area contributed by atoms with Crippen molar-refractivity contribution in [1.29, 1.82) is 0 Å². The summed E-state index contributed by atoms with van der Waals surface area (Å²) in [5.41, 5.74) is 1.72. The van der Waals surface area contributed by atoms with Gasteiger partial charge in [-0.15, -0.1) is 0 Å². The zero-order valence-corrected chi connectivity index (χ0v) is 17.2. The molecule has 0 radical (unpaired) electrons. The van der Waals surface area contributed by atoms with Crippen LogP contribution in [0.2, 0.25) is 10.0 Å². The molecule has 4 nitrogen and oxygen atoms in total. The number of nitrogens with zero attached hydrogens (tertiary/aromatic N) is 1. The van der Waals surface area contributed by atoms with Crippen molar-refractivity contribution in [2.24, 2.45) is 0 Å². The Bertz CT molecular complexity index is 794. The third kappa shape index (κ3) is 6.26. The lowest BCUT2D eigenvalue weighted by Crippen LogP contribution is -2.49. The number of benzene rings is 2. The number of rotatable bonds is 7. The van der Waals surface area contributed by atoms with Gasteiger partial charge in [0.2, 0.25) is 11.8 Å². The van der Waals surface area contributed by atoms with E-state index in [1.807, 2.05) is 44.2 Å². The molecule has 0 heterocycles. The zero-order chi connectivity index (χ0) is 20.0. The molecule has 144 valence electrons. The van der Waals surface area contributed by atoms with E-state index in [2.05, 4.69) is 5.32 Å². The van der Waals surface area contributed by atoms with Crippen LogP contribution in [0.25, 0.3) is 0 Å². The van der Waals surface area contributed by atoms with Gasteiger partial charge in [0.1, 0.15) is 6.04 Å². The molecule has 27 heavy (non-hydrogen) atoms. The Hall–Kier alpha value is -2.04. The predicted molar refractivity (Wildman–Crippen MR) is 110 cm³/mol. The first-order valence-corrected chi connectivity index (χ1v) is 9.61. The fourth-order valence-electron chi connectivity index (χ4n) is 2.69. The highest BCUT2D eigenvalue weighted by atomic mass is 35.5. The van der Waals surface area contributed by atoms with E-state index in [0.717, 1.165) is 11.1 Å². The number of carbonyl (C=O) groups excluding carboxylic acids is 2. The molecule has 2 amide bonds. The van der Waals surface area contributed by atoms with Crippen molar-refractivity contribution in [3.05, 3.63) is 69.7 Å². The Morgan fingerprint density at radius 2 is 1.63 bits per heavy atom. The summed E-state index contributed by atoms with van der Waals surface area (Å²) in [6, 6.07) is 14.1. The molecule has 0 aliphatic heterocycles. The number of carbonyl (C=O) groups is 2. The first-order valence-electron chi connectivity index (χ1n) is 8.85. The Balaban J connectivity index is 2.22. The minimum Gasteiger partial charge on any atom is -0.352 e. The van der Waals surface area contributed by atoms with E-state index in [9.17, 15) is 9.59 Å². The fourth-order valence-corrected chi connectivity index (χ4v) is 3.01. The quantitative estimate of drug-likeness (QED) is 0.736. The molecule has 2 aromatic rings. The van der Waals surface area contributed by atoms with Crippen molar-refractivity contribution < 1.29 is 9.59 Å². The highest BCUT2D eigenvalue weighted by molar-refractivity contribution is 6.42. The van der Waals surface area contributed by atoms with Crippen LogP contribution >= 0.6 is 23.2 Å². The predicted octanol–water partition coefficient (Wildman–Crippen LogP) is 4.48. The standard InChI is InChI=1S/C21H24Cl2N2O2/c1-14(2)24-21(27)15(3)25(13-16-7-5-4-6-8-16)20(26)12-17-9-10-18(22)19(23)11-17/h4-11,14-15H,12-13H2,1-3H3,(H,24,27)/t15-/m1/s1. The lowest BCUT2D eigenvalue weighted by atomic mass is 10.1. The molecule has 6 heteroatoms. The first kappa shape index (κ1) is 21.3. The summed E-state index contributed by atoms with van der Waals surface area (Å²) >= 11 is 12.0. The van der Waals surface area contributed by atoms with Crippen molar-refractivity contribution in [1.82, 2.24) is 10.2 Å². The van der Waals surface area contributed by atoms with Crippen molar-refractivity contribution in [3.8, 4) is 0 Å². The van der Waals surface area contributed by atoms with Crippen LogP contribution < -0.4 is 5.32 Å². The van der Waals surface area contributed by atoms with Gasteiger partial charge in [0.25, 0.3) is 0 Å². The third-order valence-corrected chi connectivity index (χ3v) is 4.87. The van der Waals surface area contributed by atoms with Crippen LogP contribution in [0.3, 0.4) is 0 Å². The molecular weight excluding hydrogens is 383 g/mol.